The third kappa shape index (κ3) is 4.94. The lowest BCUT2D eigenvalue weighted by molar-refractivity contribution is 0.247. The van der Waals surface area contributed by atoms with Crippen molar-refractivity contribution in [3.05, 3.63) is 23.8 Å². The fourth-order valence-electron chi connectivity index (χ4n) is 1.61. The van der Waals surface area contributed by atoms with Crippen LogP contribution in [0.4, 0.5) is 0 Å². The van der Waals surface area contributed by atoms with Gasteiger partial charge in [-0.25, -0.2) is 0 Å². The van der Waals surface area contributed by atoms with Gasteiger partial charge in [0.15, 0.2) is 11.5 Å². The maximum atomic E-state index is 8.70. The van der Waals surface area contributed by atoms with Crippen LogP contribution in [0.3, 0.4) is 0 Å². The van der Waals surface area contributed by atoms with E-state index in [0.29, 0.717) is 6.61 Å². The topological polar surface area (TPSA) is 50.7 Å². The summed E-state index contributed by atoms with van der Waals surface area (Å²) in [5.41, 5.74) is 1.18. The molecule has 1 aromatic rings. The van der Waals surface area contributed by atoms with Crippen molar-refractivity contribution in [2.24, 2.45) is 0 Å². The Morgan fingerprint density at radius 2 is 2.06 bits per heavy atom. The highest BCUT2D eigenvalue weighted by Crippen LogP contribution is 2.28. The number of rotatable bonds is 9. The Morgan fingerprint density at radius 3 is 2.72 bits per heavy atom. The van der Waals surface area contributed by atoms with E-state index in [9.17, 15) is 0 Å². The average molecular weight is 253 g/mol. The van der Waals surface area contributed by atoms with E-state index in [0.717, 1.165) is 37.4 Å². The molecule has 0 amide bonds. The maximum Gasteiger partial charge on any atom is 0.161 e. The normalized spacial score (nSPS) is 10.4. The predicted octanol–water partition coefficient (Wildman–Crippen LogP) is 1.96. The van der Waals surface area contributed by atoms with E-state index in [2.05, 4.69) is 12.2 Å². The van der Waals surface area contributed by atoms with Crippen molar-refractivity contribution in [2.45, 2.75) is 26.3 Å². The molecule has 4 nitrogen and oxygen atoms in total. The summed E-state index contributed by atoms with van der Waals surface area (Å²) >= 11 is 0. The lowest BCUT2D eigenvalue weighted by Gasteiger charge is -2.12. The van der Waals surface area contributed by atoms with Gasteiger partial charge in [-0.3, -0.25) is 0 Å². The van der Waals surface area contributed by atoms with Crippen LogP contribution in [0.5, 0.6) is 11.5 Å². The van der Waals surface area contributed by atoms with Crippen molar-refractivity contribution in [3.63, 3.8) is 0 Å². The molecule has 2 N–H and O–H groups in total. The van der Waals surface area contributed by atoms with Gasteiger partial charge in [0, 0.05) is 13.2 Å². The molecule has 0 unspecified atom stereocenters. The smallest absolute Gasteiger partial charge is 0.161 e. The summed E-state index contributed by atoms with van der Waals surface area (Å²) in [7, 11) is 1.65. The summed E-state index contributed by atoms with van der Waals surface area (Å²) < 4.78 is 11.0. The summed E-state index contributed by atoms with van der Waals surface area (Å²) in [6.07, 6.45) is 1.61. The van der Waals surface area contributed by atoms with Crippen molar-refractivity contribution in [2.75, 3.05) is 26.9 Å². The Hall–Kier alpha value is -1.26. The molecule has 0 aliphatic carbocycles. The third-order valence-electron chi connectivity index (χ3n) is 2.62. The highest BCUT2D eigenvalue weighted by atomic mass is 16.5. The number of hydrogen-bond acceptors (Lipinski definition) is 4. The number of ether oxygens (including phenoxy) is 2. The molecule has 0 bridgehead atoms. The van der Waals surface area contributed by atoms with Gasteiger partial charge in [-0.2, -0.15) is 0 Å². The number of hydrogen-bond donors (Lipinski definition) is 2. The minimum absolute atomic E-state index is 0.210. The van der Waals surface area contributed by atoms with Crippen LogP contribution in [-0.2, 0) is 6.54 Å². The first-order chi connectivity index (χ1) is 8.81. The Morgan fingerprint density at radius 1 is 1.22 bits per heavy atom. The van der Waals surface area contributed by atoms with E-state index in [1.807, 2.05) is 18.2 Å². The summed E-state index contributed by atoms with van der Waals surface area (Å²) in [5, 5.41) is 12.0. The standard InChI is InChI=1S/C14H23NO3/c1-3-15-11-12-6-7-13(14(10-12)17-2)18-9-5-4-8-16/h6-7,10,15-16H,3-5,8-9,11H2,1-2H3. The SMILES string of the molecule is CCNCc1ccc(OCCCCO)c(OC)c1. The number of benzene rings is 1. The fourth-order valence-corrected chi connectivity index (χ4v) is 1.61. The van der Waals surface area contributed by atoms with E-state index in [1.165, 1.54) is 5.56 Å². The van der Waals surface area contributed by atoms with Crippen LogP contribution in [0.2, 0.25) is 0 Å². The van der Waals surface area contributed by atoms with E-state index in [-0.39, 0.29) is 6.61 Å². The summed E-state index contributed by atoms with van der Waals surface area (Å²) in [4.78, 5) is 0. The highest BCUT2D eigenvalue weighted by Gasteiger charge is 2.05. The van der Waals surface area contributed by atoms with E-state index < -0.39 is 0 Å². The van der Waals surface area contributed by atoms with Crippen LogP contribution < -0.4 is 14.8 Å². The second-order valence-corrected chi connectivity index (χ2v) is 4.04. The Bertz CT molecular complexity index is 342. The zero-order valence-electron chi connectivity index (χ0n) is 11.2. The molecular formula is C14H23NO3. The van der Waals surface area contributed by atoms with Gasteiger partial charge in [0.05, 0.1) is 13.7 Å². The number of aliphatic hydroxyl groups is 1. The van der Waals surface area contributed by atoms with Crippen LogP contribution in [0, 0.1) is 0 Å². The minimum Gasteiger partial charge on any atom is -0.493 e. The molecule has 0 spiro atoms. The molecule has 0 aromatic heterocycles. The molecule has 1 aromatic carbocycles. The largest absolute Gasteiger partial charge is 0.493 e. The summed E-state index contributed by atoms with van der Waals surface area (Å²) in [5.74, 6) is 1.52. The molecule has 0 radical (unpaired) electrons. The van der Waals surface area contributed by atoms with E-state index in [1.54, 1.807) is 7.11 Å². The molecule has 0 fully saturated rings. The van der Waals surface area contributed by atoms with Gasteiger partial charge in [-0.15, -0.1) is 0 Å². The molecule has 0 saturated heterocycles. The molecule has 1 rings (SSSR count). The third-order valence-corrected chi connectivity index (χ3v) is 2.62. The molecule has 0 atom stereocenters. The quantitative estimate of drug-likeness (QED) is 0.661. The second kappa shape index (κ2) is 8.78. The molecule has 0 aliphatic rings. The molecule has 18 heavy (non-hydrogen) atoms. The first-order valence-corrected chi connectivity index (χ1v) is 6.43. The predicted molar refractivity (Wildman–Crippen MR) is 72.2 cm³/mol. The van der Waals surface area contributed by atoms with E-state index in [4.69, 9.17) is 14.6 Å². The Balaban J connectivity index is 2.56. The molecule has 0 aliphatic heterocycles. The fraction of sp³-hybridized carbons (Fsp3) is 0.571. The maximum absolute atomic E-state index is 8.70. The van der Waals surface area contributed by atoms with Gasteiger partial charge < -0.3 is 19.9 Å². The summed E-state index contributed by atoms with van der Waals surface area (Å²) in [6, 6.07) is 5.96. The average Bonchev–Trinajstić information content (AvgIpc) is 2.42. The summed E-state index contributed by atoms with van der Waals surface area (Å²) in [6.45, 7) is 4.67. The molecular weight excluding hydrogens is 230 g/mol. The highest BCUT2D eigenvalue weighted by molar-refractivity contribution is 5.42. The van der Waals surface area contributed by atoms with E-state index >= 15 is 0 Å². The van der Waals surface area contributed by atoms with Gasteiger partial charge in [-0.05, 0) is 37.1 Å². The Labute approximate surface area is 109 Å². The first kappa shape index (κ1) is 14.8. The van der Waals surface area contributed by atoms with Gasteiger partial charge >= 0.3 is 0 Å². The van der Waals surface area contributed by atoms with Crippen molar-refractivity contribution < 1.29 is 14.6 Å². The second-order valence-electron chi connectivity index (χ2n) is 4.04. The number of methoxy groups -OCH3 is 1. The zero-order chi connectivity index (χ0) is 13.2. The van der Waals surface area contributed by atoms with Gasteiger partial charge in [0.2, 0.25) is 0 Å². The monoisotopic (exact) mass is 253 g/mol. The lowest BCUT2D eigenvalue weighted by Crippen LogP contribution is -2.11. The van der Waals surface area contributed by atoms with Crippen LogP contribution >= 0.6 is 0 Å². The number of aliphatic hydroxyl groups excluding tert-OH is 1. The molecule has 0 saturated carbocycles. The van der Waals surface area contributed by atoms with Crippen LogP contribution in [0.15, 0.2) is 18.2 Å². The lowest BCUT2D eigenvalue weighted by atomic mass is 10.2. The minimum atomic E-state index is 0.210. The Kier molecular flexibility index (Phi) is 7.22. The van der Waals surface area contributed by atoms with Crippen molar-refractivity contribution in [1.29, 1.82) is 0 Å². The van der Waals surface area contributed by atoms with Gasteiger partial charge in [-0.1, -0.05) is 13.0 Å². The molecule has 0 heterocycles. The van der Waals surface area contributed by atoms with Crippen molar-refractivity contribution in [1.82, 2.24) is 5.32 Å². The van der Waals surface area contributed by atoms with Crippen LogP contribution in [0.25, 0.3) is 0 Å². The first-order valence-electron chi connectivity index (χ1n) is 6.43. The van der Waals surface area contributed by atoms with Gasteiger partial charge in [0.25, 0.3) is 0 Å². The van der Waals surface area contributed by atoms with Crippen molar-refractivity contribution in [3.8, 4) is 11.5 Å². The zero-order valence-corrected chi connectivity index (χ0v) is 11.2. The van der Waals surface area contributed by atoms with Crippen molar-refractivity contribution >= 4 is 0 Å². The van der Waals surface area contributed by atoms with Crippen LogP contribution in [0.1, 0.15) is 25.3 Å². The van der Waals surface area contributed by atoms with Crippen LogP contribution in [-0.4, -0.2) is 32.0 Å². The number of unbranched alkanes of at least 4 members (excludes halogenated alkanes) is 1. The molecule has 4 heteroatoms. The molecule has 102 valence electrons. The number of nitrogens with one attached hydrogen (secondary N) is 1. The van der Waals surface area contributed by atoms with Gasteiger partial charge in [0.1, 0.15) is 0 Å².